The molecule has 0 amide bonds. The van der Waals surface area contributed by atoms with Crippen molar-refractivity contribution in [3.05, 3.63) is 80.1 Å². The summed E-state index contributed by atoms with van der Waals surface area (Å²) >= 11 is 8.29. The molecule has 0 saturated carbocycles. The van der Waals surface area contributed by atoms with Gasteiger partial charge in [0.25, 0.3) is 0 Å². The lowest BCUT2D eigenvalue weighted by atomic mass is 10.2. The molecule has 0 radical (unpaired) electrons. The van der Waals surface area contributed by atoms with E-state index in [0.29, 0.717) is 0 Å². The van der Waals surface area contributed by atoms with Crippen LogP contribution in [-0.4, -0.2) is 10.8 Å². The van der Waals surface area contributed by atoms with E-state index in [1.807, 2.05) is 48.7 Å². The molecule has 4 heteroatoms. The van der Waals surface area contributed by atoms with Crippen LogP contribution in [0.1, 0.15) is 17.0 Å². The predicted octanol–water partition coefficient (Wildman–Crippen LogP) is 6.10. The van der Waals surface area contributed by atoms with Crippen molar-refractivity contribution in [1.82, 2.24) is 4.57 Å². The number of benzene rings is 2. The molecule has 2 aromatic carbocycles. The third-order valence-electron chi connectivity index (χ3n) is 3.75. The van der Waals surface area contributed by atoms with Gasteiger partial charge in [-0.3, -0.25) is 4.99 Å². The molecule has 0 spiro atoms. The third-order valence-corrected chi connectivity index (χ3v) is 4.91. The minimum atomic E-state index is 0.747. The van der Waals surface area contributed by atoms with E-state index >= 15 is 0 Å². The average molecular weight is 435 g/mol. The first-order valence-electron chi connectivity index (χ1n) is 7.30. The molecule has 0 N–H and O–H groups in total. The topological polar surface area (TPSA) is 17.3 Å². The second kappa shape index (κ2) is 6.89. The molecular formula is C19H16ClIN2. The second-order valence-corrected chi connectivity index (χ2v) is 6.95. The molecule has 0 aliphatic rings. The maximum Gasteiger partial charge on any atom is 0.0763 e. The highest BCUT2D eigenvalue weighted by Crippen LogP contribution is 2.23. The van der Waals surface area contributed by atoms with Gasteiger partial charge in [-0.2, -0.15) is 0 Å². The summed E-state index contributed by atoms with van der Waals surface area (Å²) in [5.41, 5.74) is 5.56. The Hall–Kier alpha value is -1.59. The third kappa shape index (κ3) is 3.51. The van der Waals surface area contributed by atoms with Crippen molar-refractivity contribution in [1.29, 1.82) is 0 Å². The van der Waals surface area contributed by atoms with Gasteiger partial charge in [0.15, 0.2) is 0 Å². The number of aryl methyl sites for hydroxylation is 1. The van der Waals surface area contributed by atoms with Gasteiger partial charge in [-0.1, -0.05) is 23.7 Å². The summed E-state index contributed by atoms with van der Waals surface area (Å²) in [5, 5.41) is 0.747. The van der Waals surface area contributed by atoms with Crippen LogP contribution in [0.4, 0.5) is 5.69 Å². The zero-order valence-electron chi connectivity index (χ0n) is 12.9. The van der Waals surface area contributed by atoms with E-state index in [-0.39, 0.29) is 0 Å². The number of aromatic nitrogens is 1. The van der Waals surface area contributed by atoms with Crippen LogP contribution >= 0.6 is 34.2 Å². The van der Waals surface area contributed by atoms with Crippen LogP contribution in [0, 0.1) is 17.4 Å². The zero-order chi connectivity index (χ0) is 16.4. The molecule has 2 nitrogen and oxygen atoms in total. The molecule has 3 aromatic rings. The summed E-state index contributed by atoms with van der Waals surface area (Å²) in [7, 11) is 0. The van der Waals surface area contributed by atoms with Crippen molar-refractivity contribution in [2.24, 2.45) is 4.99 Å². The van der Waals surface area contributed by atoms with Crippen molar-refractivity contribution in [3.63, 3.8) is 0 Å². The van der Waals surface area contributed by atoms with E-state index in [1.165, 1.54) is 11.4 Å². The van der Waals surface area contributed by atoms with Crippen LogP contribution in [0.15, 0.2) is 59.6 Å². The number of para-hydroxylation sites is 1. The van der Waals surface area contributed by atoms with Crippen LogP contribution in [0.5, 0.6) is 0 Å². The number of nitrogens with zero attached hydrogens (tertiary/aromatic N) is 2. The largest absolute Gasteiger partial charge is 0.318 e. The van der Waals surface area contributed by atoms with E-state index in [0.717, 1.165) is 25.5 Å². The molecule has 0 bridgehead atoms. The molecule has 0 fully saturated rings. The first kappa shape index (κ1) is 16.3. The smallest absolute Gasteiger partial charge is 0.0763 e. The Morgan fingerprint density at radius 1 is 1.04 bits per heavy atom. The summed E-state index contributed by atoms with van der Waals surface area (Å²) in [6.07, 6.45) is 1.94. The highest BCUT2D eigenvalue weighted by Gasteiger charge is 2.09. The molecule has 116 valence electrons. The lowest BCUT2D eigenvalue weighted by molar-refractivity contribution is 0.965. The van der Waals surface area contributed by atoms with Crippen LogP contribution in [0.3, 0.4) is 0 Å². The molecule has 0 atom stereocenters. The van der Waals surface area contributed by atoms with E-state index in [2.05, 4.69) is 58.1 Å². The molecular weight excluding hydrogens is 419 g/mol. The summed E-state index contributed by atoms with van der Waals surface area (Å²) < 4.78 is 3.36. The highest BCUT2D eigenvalue weighted by atomic mass is 127. The van der Waals surface area contributed by atoms with Crippen molar-refractivity contribution in [2.45, 2.75) is 13.8 Å². The van der Waals surface area contributed by atoms with E-state index in [1.54, 1.807) is 0 Å². The molecule has 23 heavy (non-hydrogen) atoms. The number of rotatable bonds is 3. The zero-order valence-corrected chi connectivity index (χ0v) is 15.8. The Morgan fingerprint density at radius 2 is 1.74 bits per heavy atom. The van der Waals surface area contributed by atoms with Gasteiger partial charge in [0.05, 0.1) is 5.69 Å². The summed E-state index contributed by atoms with van der Waals surface area (Å²) in [6, 6.07) is 18.2. The molecule has 0 saturated heterocycles. The Bertz CT molecular complexity index is 864. The maximum atomic E-state index is 5.99. The Balaban J connectivity index is 1.98. The van der Waals surface area contributed by atoms with Crippen molar-refractivity contribution in [3.8, 4) is 5.69 Å². The number of hydrogen-bond donors (Lipinski definition) is 0. The molecule has 0 aliphatic heterocycles. The molecule has 3 rings (SSSR count). The van der Waals surface area contributed by atoms with Gasteiger partial charge in [-0.05, 0) is 78.9 Å². The number of aliphatic imine (C=N–C) groups is 1. The van der Waals surface area contributed by atoms with E-state index in [9.17, 15) is 0 Å². The Morgan fingerprint density at radius 3 is 2.43 bits per heavy atom. The first-order valence-corrected chi connectivity index (χ1v) is 8.75. The number of hydrogen-bond acceptors (Lipinski definition) is 1. The molecule has 0 unspecified atom stereocenters. The summed E-state index contributed by atoms with van der Waals surface area (Å²) in [6.45, 7) is 4.21. The van der Waals surface area contributed by atoms with Gasteiger partial charge >= 0.3 is 0 Å². The SMILES string of the molecule is Cc1cc(C=Nc2ccccc2I)c(C)n1-c1ccc(Cl)cc1. The lowest BCUT2D eigenvalue weighted by Crippen LogP contribution is -1.99. The monoisotopic (exact) mass is 434 g/mol. The van der Waals surface area contributed by atoms with Gasteiger partial charge in [0, 0.05) is 37.4 Å². The van der Waals surface area contributed by atoms with Gasteiger partial charge in [-0.15, -0.1) is 0 Å². The lowest BCUT2D eigenvalue weighted by Gasteiger charge is -2.09. The minimum Gasteiger partial charge on any atom is -0.318 e. The average Bonchev–Trinajstić information content (AvgIpc) is 2.82. The van der Waals surface area contributed by atoms with Crippen molar-refractivity contribution in [2.75, 3.05) is 0 Å². The Kier molecular flexibility index (Phi) is 4.87. The van der Waals surface area contributed by atoms with Gasteiger partial charge in [-0.25, -0.2) is 0 Å². The molecule has 0 aliphatic carbocycles. The van der Waals surface area contributed by atoms with E-state index in [4.69, 9.17) is 11.6 Å². The van der Waals surface area contributed by atoms with E-state index < -0.39 is 0 Å². The quantitative estimate of drug-likeness (QED) is 0.350. The maximum absolute atomic E-state index is 5.99. The molecule has 1 aromatic heterocycles. The van der Waals surface area contributed by atoms with Crippen LogP contribution in [0.25, 0.3) is 5.69 Å². The Labute approximate surface area is 155 Å². The number of halogens is 2. The van der Waals surface area contributed by atoms with Crippen LogP contribution < -0.4 is 0 Å². The normalized spacial score (nSPS) is 11.3. The fourth-order valence-electron chi connectivity index (χ4n) is 2.60. The standard InChI is InChI=1S/C19H16ClIN2/c1-13-11-15(12-22-19-6-4-3-5-18(19)21)14(2)23(13)17-9-7-16(20)8-10-17/h3-12H,1-2H3. The van der Waals surface area contributed by atoms with Gasteiger partial charge < -0.3 is 4.57 Å². The first-order chi connectivity index (χ1) is 11.1. The predicted molar refractivity (Wildman–Crippen MR) is 107 cm³/mol. The van der Waals surface area contributed by atoms with Crippen LogP contribution in [-0.2, 0) is 0 Å². The van der Waals surface area contributed by atoms with Crippen molar-refractivity contribution >= 4 is 46.1 Å². The van der Waals surface area contributed by atoms with Crippen molar-refractivity contribution < 1.29 is 0 Å². The van der Waals surface area contributed by atoms with Crippen LogP contribution in [0.2, 0.25) is 5.02 Å². The highest BCUT2D eigenvalue weighted by molar-refractivity contribution is 14.1. The van der Waals surface area contributed by atoms with Gasteiger partial charge in [0.2, 0.25) is 0 Å². The summed E-state index contributed by atoms with van der Waals surface area (Å²) in [4.78, 5) is 4.63. The summed E-state index contributed by atoms with van der Waals surface area (Å²) in [5.74, 6) is 0. The van der Waals surface area contributed by atoms with Gasteiger partial charge in [0.1, 0.15) is 0 Å². The fourth-order valence-corrected chi connectivity index (χ4v) is 3.25. The molecule has 1 heterocycles. The second-order valence-electron chi connectivity index (χ2n) is 5.35. The minimum absolute atomic E-state index is 0.747. The fraction of sp³-hybridized carbons (Fsp3) is 0.105.